The number of nitro groups is 1. The lowest BCUT2D eigenvalue weighted by molar-refractivity contribution is -0.468. The fourth-order valence-corrected chi connectivity index (χ4v) is 0.745. The van der Waals surface area contributed by atoms with Crippen LogP contribution in [-0.4, -0.2) is 24.5 Å². The van der Waals surface area contributed by atoms with Gasteiger partial charge in [0.25, 0.3) is 0 Å². The summed E-state index contributed by atoms with van der Waals surface area (Å²) in [6.45, 7) is -0.155. The molecule has 0 N–H and O–H groups in total. The first-order valence-electron chi connectivity index (χ1n) is 4.00. The van der Waals surface area contributed by atoms with Crippen molar-refractivity contribution in [3.05, 3.63) is 22.3 Å². The standard InChI is InChI=1S/C8H13NO4/c1-13-8(10)6-4-2-3-5-7-9(11)12/h3,5H,2,4,6-7H2,1H3. The molecule has 0 rings (SSSR count). The number of esters is 1. The van der Waals surface area contributed by atoms with Crippen molar-refractivity contribution in [2.24, 2.45) is 0 Å². The fourth-order valence-electron chi connectivity index (χ4n) is 0.745. The number of methoxy groups -OCH3 is 1. The molecule has 0 heterocycles. The maximum absolute atomic E-state index is 10.6. The van der Waals surface area contributed by atoms with Crippen LogP contribution in [-0.2, 0) is 9.53 Å². The van der Waals surface area contributed by atoms with Crippen LogP contribution in [0.25, 0.3) is 0 Å². The Morgan fingerprint density at radius 3 is 2.77 bits per heavy atom. The van der Waals surface area contributed by atoms with E-state index in [0.29, 0.717) is 19.3 Å². The number of unbranched alkanes of at least 4 members (excludes halogenated alkanes) is 1. The first-order chi connectivity index (χ1) is 6.16. The number of ether oxygens (including phenoxy) is 1. The molecule has 0 saturated heterocycles. The summed E-state index contributed by atoms with van der Waals surface area (Å²) in [5, 5.41) is 9.87. The molecule has 13 heavy (non-hydrogen) atoms. The summed E-state index contributed by atoms with van der Waals surface area (Å²) in [5.74, 6) is -0.248. The van der Waals surface area contributed by atoms with Crippen molar-refractivity contribution in [1.29, 1.82) is 0 Å². The number of hydrogen-bond donors (Lipinski definition) is 0. The first kappa shape index (κ1) is 11.6. The summed E-state index contributed by atoms with van der Waals surface area (Å²) < 4.78 is 4.42. The van der Waals surface area contributed by atoms with E-state index < -0.39 is 4.92 Å². The molecule has 0 atom stereocenters. The van der Waals surface area contributed by atoms with E-state index in [-0.39, 0.29) is 12.5 Å². The Morgan fingerprint density at radius 1 is 1.54 bits per heavy atom. The quantitative estimate of drug-likeness (QED) is 0.206. The molecule has 5 heteroatoms. The summed E-state index contributed by atoms with van der Waals surface area (Å²) in [6.07, 6.45) is 4.88. The van der Waals surface area contributed by atoms with Gasteiger partial charge in [-0.1, -0.05) is 6.08 Å². The van der Waals surface area contributed by atoms with Crippen molar-refractivity contribution < 1.29 is 14.5 Å². The molecule has 0 unspecified atom stereocenters. The fraction of sp³-hybridized carbons (Fsp3) is 0.625. The average molecular weight is 187 g/mol. The highest BCUT2D eigenvalue weighted by Gasteiger charge is 1.97. The molecule has 0 fully saturated rings. The molecule has 0 aliphatic carbocycles. The third-order valence-electron chi connectivity index (χ3n) is 1.40. The van der Waals surface area contributed by atoms with Crippen LogP contribution in [0.15, 0.2) is 12.2 Å². The summed E-state index contributed by atoms with van der Waals surface area (Å²) >= 11 is 0. The molecular formula is C8H13NO4. The topological polar surface area (TPSA) is 69.4 Å². The van der Waals surface area contributed by atoms with E-state index in [1.54, 1.807) is 6.08 Å². The largest absolute Gasteiger partial charge is 0.469 e. The Kier molecular flexibility index (Phi) is 6.49. The highest BCUT2D eigenvalue weighted by molar-refractivity contribution is 5.68. The normalized spacial score (nSPS) is 10.2. The number of nitrogens with zero attached hydrogens (tertiary/aromatic N) is 1. The molecule has 0 aromatic heterocycles. The molecule has 0 amide bonds. The second kappa shape index (κ2) is 7.27. The minimum atomic E-state index is -0.406. The van der Waals surface area contributed by atoms with Crippen LogP contribution < -0.4 is 0 Å². The van der Waals surface area contributed by atoms with Crippen molar-refractivity contribution in [3.8, 4) is 0 Å². The van der Waals surface area contributed by atoms with Gasteiger partial charge < -0.3 is 4.74 Å². The van der Waals surface area contributed by atoms with E-state index in [4.69, 9.17) is 0 Å². The predicted molar refractivity (Wildman–Crippen MR) is 46.9 cm³/mol. The predicted octanol–water partition coefficient (Wildman–Crippen LogP) is 1.16. The number of rotatable bonds is 6. The maximum Gasteiger partial charge on any atom is 0.305 e. The minimum absolute atomic E-state index is 0.155. The molecule has 74 valence electrons. The minimum Gasteiger partial charge on any atom is -0.469 e. The molecule has 0 spiro atoms. The van der Waals surface area contributed by atoms with Gasteiger partial charge in [-0.2, -0.15) is 0 Å². The van der Waals surface area contributed by atoms with Crippen LogP contribution >= 0.6 is 0 Å². The number of carbonyl (C=O) groups is 1. The Morgan fingerprint density at radius 2 is 2.23 bits per heavy atom. The molecule has 5 nitrogen and oxygen atoms in total. The van der Waals surface area contributed by atoms with E-state index in [0.717, 1.165) is 0 Å². The van der Waals surface area contributed by atoms with Gasteiger partial charge in [-0.25, -0.2) is 0 Å². The van der Waals surface area contributed by atoms with Gasteiger partial charge in [0.05, 0.1) is 7.11 Å². The lowest BCUT2D eigenvalue weighted by Crippen LogP contribution is -1.99. The van der Waals surface area contributed by atoms with Crippen LogP contribution in [0.2, 0.25) is 0 Å². The maximum atomic E-state index is 10.6. The smallest absolute Gasteiger partial charge is 0.305 e. The molecule has 0 bridgehead atoms. The van der Waals surface area contributed by atoms with Gasteiger partial charge in [0.2, 0.25) is 6.54 Å². The Labute approximate surface area is 76.5 Å². The van der Waals surface area contributed by atoms with Crippen molar-refractivity contribution in [3.63, 3.8) is 0 Å². The van der Waals surface area contributed by atoms with E-state index >= 15 is 0 Å². The summed E-state index contributed by atoms with van der Waals surface area (Å²) in [6, 6.07) is 0. The van der Waals surface area contributed by atoms with Crippen LogP contribution in [0.5, 0.6) is 0 Å². The zero-order valence-corrected chi connectivity index (χ0v) is 7.56. The molecule has 0 radical (unpaired) electrons. The summed E-state index contributed by atoms with van der Waals surface area (Å²) in [5.41, 5.74) is 0. The Balaban J connectivity index is 3.30. The third kappa shape index (κ3) is 8.52. The zero-order valence-electron chi connectivity index (χ0n) is 7.56. The second-order valence-electron chi connectivity index (χ2n) is 2.46. The molecule has 0 aromatic carbocycles. The van der Waals surface area contributed by atoms with Crippen molar-refractivity contribution >= 4 is 5.97 Å². The number of hydrogen-bond acceptors (Lipinski definition) is 4. The van der Waals surface area contributed by atoms with Crippen molar-refractivity contribution in [2.75, 3.05) is 13.7 Å². The highest BCUT2D eigenvalue weighted by Crippen LogP contribution is 1.97. The van der Waals surface area contributed by atoms with E-state index in [1.165, 1.54) is 13.2 Å². The second-order valence-corrected chi connectivity index (χ2v) is 2.46. The summed E-state index contributed by atoms with van der Waals surface area (Å²) in [4.78, 5) is 20.1. The van der Waals surface area contributed by atoms with Gasteiger partial charge in [0.1, 0.15) is 0 Å². The SMILES string of the molecule is COC(=O)CCCC=CC[N+](=O)[O-]. The van der Waals surface area contributed by atoms with E-state index in [1.807, 2.05) is 0 Å². The monoisotopic (exact) mass is 187 g/mol. The molecule has 0 aromatic rings. The molecular weight excluding hydrogens is 174 g/mol. The van der Waals surface area contributed by atoms with Gasteiger partial charge in [0, 0.05) is 11.3 Å². The first-order valence-corrected chi connectivity index (χ1v) is 4.00. The lowest BCUT2D eigenvalue weighted by Gasteiger charge is -1.95. The van der Waals surface area contributed by atoms with Crippen LogP contribution in [0, 0.1) is 10.1 Å². The third-order valence-corrected chi connectivity index (χ3v) is 1.40. The number of allylic oxidation sites excluding steroid dienone is 1. The lowest BCUT2D eigenvalue weighted by atomic mass is 10.2. The van der Waals surface area contributed by atoms with Crippen LogP contribution in [0.1, 0.15) is 19.3 Å². The van der Waals surface area contributed by atoms with E-state index in [2.05, 4.69) is 4.74 Å². The average Bonchev–Trinajstić information content (AvgIpc) is 2.10. The molecule has 0 aliphatic rings. The van der Waals surface area contributed by atoms with Gasteiger partial charge in [0.15, 0.2) is 0 Å². The van der Waals surface area contributed by atoms with Gasteiger partial charge >= 0.3 is 5.97 Å². The summed E-state index contributed by atoms with van der Waals surface area (Å²) in [7, 11) is 1.34. The van der Waals surface area contributed by atoms with Crippen molar-refractivity contribution in [2.45, 2.75) is 19.3 Å². The number of carbonyl (C=O) groups excluding carboxylic acids is 1. The van der Waals surface area contributed by atoms with Crippen LogP contribution in [0.4, 0.5) is 0 Å². The highest BCUT2D eigenvalue weighted by atomic mass is 16.6. The van der Waals surface area contributed by atoms with Gasteiger partial charge in [-0.05, 0) is 18.9 Å². The van der Waals surface area contributed by atoms with Crippen molar-refractivity contribution in [1.82, 2.24) is 0 Å². The Bertz CT molecular complexity index is 200. The Hall–Kier alpha value is -1.39. The van der Waals surface area contributed by atoms with E-state index in [9.17, 15) is 14.9 Å². The van der Waals surface area contributed by atoms with Gasteiger partial charge in [-0.15, -0.1) is 0 Å². The van der Waals surface area contributed by atoms with Gasteiger partial charge in [-0.3, -0.25) is 14.9 Å². The zero-order chi connectivity index (χ0) is 10.1. The molecule has 0 aliphatic heterocycles. The molecule has 0 saturated carbocycles. The van der Waals surface area contributed by atoms with Crippen LogP contribution in [0.3, 0.4) is 0 Å².